The van der Waals surface area contributed by atoms with Crippen molar-refractivity contribution in [1.82, 2.24) is 0 Å². The molecule has 4 N–H and O–H groups in total. The van der Waals surface area contributed by atoms with E-state index in [9.17, 15) is 5.11 Å². The maximum absolute atomic E-state index is 9.40. The van der Waals surface area contributed by atoms with E-state index in [1.165, 1.54) is 0 Å². The van der Waals surface area contributed by atoms with Gasteiger partial charge in [0.25, 0.3) is 0 Å². The summed E-state index contributed by atoms with van der Waals surface area (Å²) in [6.07, 6.45) is 0.526. The average Bonchev–Trinajstić information content (AvgIpc) is 2.11. The molecule has 1 rings (SSSR count). The summed E-state index contributed by atoms with van der Waals surface area (Å²) in [6, 6.07) is 3.28. The molecule has 3 nitrogen and oxygen atoms in total. The molecule has 0 heterocycles. The number of aliphatic hydroxyl groups excluding tert-OH is 1. The zero-order valence-electron chi connectivity index (χ0n) is 8.00. The zero-order valence-corrected chi connectivity index (χ0v) is 9.58. The van der Waals surface area contributed by atoms with E-state index in [0.717, 1.165) is 11.1 Å². The minimum atomic E-state index is -0.183. The topological polar surface area (TPSA) is 66.5 Å². The molecule has 0 radical (unpaired) electrons. The van der Waals surface area contributed by atoms with Crippen LogP contribution in [0.5, 0.6) is 5.75 Å². The van der Waals surface area contributed by atoms with Crippen molar-refractivity contribution >= 4 is 15.9 Å². The molecule has 0 aliphatic rings. The van der Waals surface area contributed by atoms with Gasteiger partial charge in [-0.3, -0.25) is 0 Å². The largest absolute Gasteiger partial charge is 0.507 e. The number of aliphatic hydroxyl groups is 1. The van der Waals surface area contributed by atoms with Crippen LogP contribution in [0.25, 0.3) is 0 Å². The predicted molar refractivity (Wildman–Crippen MR) is 59.2 cm³/mol. The number of aryl methyl sites for hydroxylation is 1. The zero-order chi connectivity index (χ0) is 10.7. The Kier molecular flexibility index (Phi) is 3.92. The number of halogens is 1. The van der Waals surface area contributed by atoms with E-state index in [-0.39, 0.29) is 18.4 Å². The van der Waals surface area contributed by atoms with E-state index in [4.69, 9.17) is 10.8 Å². The van der Waals surface area contributed by atoms with Crippen molar-refractivity contribution in [3.05, 3.63) is 27.7 Å². The Morgan fingerprint density at radius 2 is 2.14 bits per heavy atom. The minimum Gasteiger partial charge on any atom is -0.507 e. The van der Waals surface area contributed by atoms with E-state index < -0.39 is 0 Å². The Morgan fingerprint density at radius 1 is 1.50 bits per heavy atom. The predicted octanol–water partition coefficient (Wildman–Crippen LogP) is 1.85. The van der Waals surface area contributed by atoms with Crippen molar-refractivity contribution < 1.29 is 10.2 Å². The van der Waals surface area contributed by atoms with Gasteiger partial charge in [0.05, 0.1) is 4.47 Å². The van der Waals surface area contributed by atoms with E-state index in [0.29, 0.717) is 10.9 Å². The molecule has 0 saturated carbocycles. The summed E-state index contributed by atoms with van der Waals surface area (Å²) in [7, 11) is 0. The second-order valence-corrected chi connectivity index (χ2v) is 4.13. The lowest BCUT2D eigenvalue weighted by Gasteiger charge is -2.14. The number of benzene rings is 1. The molecule has 0 bridgehead atoms. The number of hydrogen-bond donors (Lipinski definition) is 3. The third-order valence-corrected chi connectivity index (χ3v) is 2.81. The maximum Gasteiger partial charge on any atom is 0.130 e. The summed E-state index contributed by atoms with van der Waals surface area (Å²) in [4.78, 5) is 0. The molecule has 78 valence electrons. The highest BCUT2D eigenvalue weighted by Gasteiger charge is 2.11. The lowest BCUT2D eigenvalue weighted by Crippen LogP contribution is -2.13. The Morgan fingerprint density at radius 3 is 2.71 bits per heavy atom. The standard InChI is InChI=1S/C10H14BrNO2/c1-6-4-10(14)8(11)5-7(6)9(12)2-3-13/h4-5,9,13-14H,2-3,12H2,1H3. The molecule has 0 amide bonds. The van der Waals surface area contributed by atoms with Crippen LogP contribution in [-0.2, 0) is 0 Å². The number of rotatable bonds is 3. The summed E-state index contributed by atoms with van der Waals surface area (Å²) < 4.78 is 0.631. The van der Waals surface area contributed by atoms with Crippen LogP contribution in [0.4, 0.5) is 0 Å². The summed E-state index contributed by atoms with van der Waals surface area (Å²) in [5.41, 5.74) is 7.75. The first kappa shape index (κ1) is 11.5. The van der Waals surface area contributed by atoms with Gasteiger partial charge >= 0.3 is 0 Å². The molecule has 0 aliphatic heterocycles. The van der Waals surface area contributed by atoms with Gasteiger partial charge in [0.15, 0.2) is 0 Å². The molecule has 14 heavy (non-hydrogen) atoms. The number of hydrogen-bond acceptors (Lipinski definition) is 3. The van der Waals surface area contributed by atoms with Gasteiger partial charge in [0.2, 0.25) is 0 Å². The second-order valence-electron chi connectivity index (χ2n) is 3.28. The highest BCUT2D eigenvalue weighted by molar-refractivity contribution is 9.10. The third-order valence-electron chi connectivity index (χ3n) is 2.18. The fraction of sp³-hybridized carbons (Fsp3) is 0.400. The first-order chi connectivity index (χ1) is 6.56. The molecular weight excluding hydrogens is 246 g/mol. The molecule has 0 saturated heterocycles. The van der Waals surface area contributed by atoms with Gasteiger partial charge in [-0.2, -0.15) is 0 Å². The molecule has 0 spiro atoms. The van der Waals surface area contributed by atoms with Crippen molar-refractivity contribution in [3.63, 3.8) is 0 Å². The molecular formula is C10H14BrNO2. The monoisotopic (exact) mass is 259 g/mol. The molecule has 1 aromatic carbocycles. The molecule has 0 aromatic heterocycles. The molecule has 0 aliphatic carbocycles. The van der Waals surface area contributed by atoms with Crippen LogP contribution in [0.2, 0.25) is 0 Å². The summed E-state index contributed by atoms with van der Waals surface area (Å²) in [5.74, 6) is 0.211. The quantitative estimate of drug-likeness (QED) is 0.776. The summed E-state index contributed by atoms with van der Waals surface area (Å²) in [5, 5.41) is 18.2. The Bertz CT molecular complexity index is 328. The van der Waals surface area contributed by atoms with E-state index in [1.807, 2.05) is 6.92 Å². The fourth-order valence-corrected chi connectivity index (χ4v) is 1.74. The maximum atomic E-state index is 9.40. The Hall–Kier alpha value is -0.580. The summed E-state index contributed by atoms with van der Waals surface area (Å²) >= 11 is 3.23. The molecule has 1 unspecified atom stereocenters. The van der Waals surface area contributed by atoms with Crippen molar-refractivity contribution in [3.8, 4) is 5.75 Å². The molecule has 0 fully saturated rings. The van der Waals surface area contributed by atoms with Gasteiger partial charge in [-0.05, 0) is 52.5 Å². The van der Waals surface area contributed by atoms with Crippen LogP contribution in [0.1, 0.15) is 23.6 Å². The van der Waals surface area contributed by atoms with Gasteiger partial charge in [0.1, 0.15) is 5.75 Å². The first-order valence-electron chi connectivity index (χ1n) is 4.41. The normalized spacial score (nSPS) is 12.9. The Balaban J connectivity index is 3.02. The van der Waals surface area contributed by atoms with Crippen LogP contribution >= 0.6 is 15.9 Å². The van der Waals surface area contributed by atoms with E-state index in [2.05, 4.69) is 15.9 Å². The van der Waals surface area contributed by atoms with Crippen molar-refractivity contribution in [1.29, 1.82) is 0 Å². The van der Waals surface area contributed by atoms with Gasteiger partial charge in [-0.25, -0.2) is 0 Å². The van der Waals surface area contributed by atoms with Crippen LogP contribution in [-0.4, -0.2) is 16.8 Å². The number of phenolic OH excluding ortho intramolecular Hbond substituents is 1. The van der Waals surface area contributed by atoms with Crippen molar-refractivity contribution in [2.24, 2.45) is 5.73 Å². The molecule has 1 aromatic rings. The van der Waals surface area contributed by atoms with E-state index >= 15 is 0 Å². The minimum absolute atomic E-state index is 0.0686. The van der Waals surface area contributed by atoms with Crippen molar-refractivity contribution in [2.75, 3.05) is 6.61 Å². The van der Waals surface area contributed by atoms with E-state index in [1.54, 1.807) is 12.1 Å². The van der Waals surface area contributed by atoms with Crippen molar-refractivity contribution in [2.45, 2.75) is 19.4 Å². The fourth-order valence-electron chi connectivity index (χ4n) is 1.38. The lowest BCUT2D eigenvalue weighted by atomic mass is 9.99. The van der Waals surface area contributed by atoms with Crippen LogP contribution < -0.4 is 5.73 Å². The average molecular weight is 260 g/mol. The number of nitrogens with two attached hydrogens (primary N) is 1. The Labute approximate surface area is 91.7 Å². The van der Waals surface area contributed by atoms with Crippen LogP contribution in [0.15, 0.2) is 16.6 Å². The van der Waals surface area contributed by atoms with Gasteiger partial charge < -0.3 is 15.9 Å². The first-order valence-corrected chi connectivity index (χ1v) is 5.21. The molecule has 4 heteroatoms. The smallest absolute Gasteiger partial charge is 0.130 e. The number of phenols is 1. The van der Waals surface area contributed by atoms with Gasteiger partial charge in [0, 0.05) is 12.6 Å². The van der Waals surface area contributed by atoms with Gasteiger partial charge in [-0.1, -0.05) is 0 Å². The van der Waals surface area contributed by atoms with Gasteiger partial charge in [-0.15, -0.1) is 0 Å². The highest BCUT2D eigenvalue weighted by atomic mass is 79.9. The third kappa shape index (κ3) is 2.47. The summed E-state index contributed by atoms with van der Waals surface area (Å²) in [6.45, 7) is 1.96. The second kappa shape index (κ2) is 4.77. The van der Waals surface area contributed by atoms with Crippen LogP contribution in [0.3, 0.4) is 0 Å². The highest BCUT2D eigenvalue weighted by Crippen LogP contribution is 2.30. The van der Waals surface area contributed by atoms with Crippen LogP contribution in [0, 0.1) is 6.92 Å². The SMILES string of the molecule is Cc1cc(O)c(Br)cc1C(N)CCO. The number of aromatic hydroxyl groups is 1. The lowest BCUT2D eigenvalue weighted by molar-refractivity contribution is 0.276. The molecule has 1 atom stereocenters.